The van der Waals surface area contributed by atoms with Crippen LogP contribution in [0.5, 0.6) is 0 Å². The second kappa shape index (κ2) is 7.61. The van der Waals surface area contributed by atoms with Gasteiger partial charge in [0.25, 0.3) is 0 Å². The zero-order valence-electron chi connectivity index (χ0n) is 15.3. The lowest BCUT2D eigenvalue weighted by Gasteiger charge is -2.45. The van der Waals surface area contributed by atoms with Gasteiger partial charge < -0.3 is 16.0 Å². The number of hydrogen-bond acceptors (Lipinski definition) is 4. The highest BCUT2D eigenvalue weighted by molar-refractivity contribution is 8.00. The summed E-state index contributed by atoms with van der Waals surface area (Å²) in [4.78, 5) is 20.5. The van der Waals surface area contributed by atoms with Crippen LogP contribution in [0.1, 0.15) is 50.1 Å². The van der Waals surface area contributed by atoms with Crippen LogP contribution >= 0.6 is 11.8 Å². The fourth-order valence-corrected chi connectivity index (χ4v) is 5.45. The minimum absolute atomic E-state index is 0.148. The number of carbonyl (C=O) groups is 1. The van der Waals surface area contributed by atoms with Crippen molar-refractivity contribution in [3.63, 3.8) is 0 Å². The average molecular weight is 373 g/mol. The number of benzene rings is 1. The molecule has 140 valence electrons. The van der Waals surface area contributed by atoms with Crippen molar-refractivity contribution in [3.05, 3.63) is 30.1 Å². The number of thioether (sulfide) groups is 1. The molecule has 1 heterocycles. The van der Waals surface area contributed by atoms with Gasteiger partial charge in [-0.25, -0.2) is 4.98 Å². The molecule has 0 aliphatic heterocycles. The van der Waals surface area contributed by atoms with Gasteiger partial charge in [0.15, 0.2) is 0 Å². The van der Waals surface area contributed by atoms with Gasteiger partial charge in [0.05, 0.1) is 22.0 Å². The highest BCUT2D eigenvalue weighted by Gasteiger charge is 2.39. The van der Waals surface area contributed by atoms with E-state index in [4.69, 9.17) is 5.73 Å². The largest absolute Gasteiger partial charge is 0.352 e. The van der Waals surface area contributed by atoms with E-state index in [0.29, 0.717) is 29.7 Å². The maximum absolute atomic E-state index is 12.5. The summed E-state index contributed by atoms with van der Waals surface area (Å²) >= 11 is 1.64. The Balaban J connectivity index is 1.32. The van der Waals surface area contributed by atoms with Crippen molar-refractivity contribution in [2.75, 3.05) is 5.75 Å². The van der Waals surface area contributed by atoms with Crippen molar-refractivity contribution in [1.82, 2.24) is 15.3 Å². The van der Waals surface area contributed by atoms with Gasteiger partial charge in [0, 0.05) is 12.1 Å². The number of nitrogens with zero attached hydrogens (tertiary/aromatic N) is 1. The van der Waals surface area contributed by atoms with Gasteiger partial charge in [-0.1, -0.05) is 18.6 Å². The van der Waals surface area contributed by atoms with Crippen LogP contribution < -0.4 is 11.1 Å². The molecule has 26 heavy (non-hydrogen) atoms. The Kier molecular flexibility index (Phi) is 5.23. The molecule has 2 aliphatic carbocycles. The number of carbonyl (C=O) groups excluding carboxylic acids is 1. The van der Waals surface area contributed by atoms with Gasteiger partial charge in [-0.15, -0.1) is 11.8 Å². The van der Waals surface area contributed by atoms with E-state index in [9.17, 15) is 4.79 Å². The van der Waals surface area contributed by atoms with Crippen molar-refractivity contribution in [2.24, 2.45) is 17.6 Å². The summed E-state index contributed by atoms with van der Waals surface area (Å²) < 4.78 is 0. The maximum Gasteiger partial charge on any atom is 0.230 e. The molecular formula is C20H28N4OS. The number of nitrogens with one attached hydrogen (secondary N) is 2. The van der Waals surface area contributed by atoms with Crippen LogP contribution in [0, 0.1) is 11.8 Å². The summed E-state index contributed by atoms with van der Waals surface area (Å²) in [6.45, 7) is 2.10. The normalized spacial score (nSPS) is 29.5. The van der Waals surface area contributed by atoms with Gasteiger partial charge in [-0.05, 0) is 56.6 Å². The highest BCUT2D eigenvalue weighted by Crippen LogP contribution is 2.39. The van der Waals surface area contributed by atoms with Crippen molar-refractivity contribution in [1.29, 1.82) is 0 Å². The zero-order valence-corrected chi connectivity index (χ0v) is 16.1. The lowest BCUT2D eigenvalue weighted by molar-refractivity contribution is -0.120. The van der Waals surface area contributed by atoms with Crippen LogP contribution in [-0.2, 0) is 4.79 Å². The first kappa shape index (κ1) is 17.9. The predicted molar refractivity (Wildman–Crippen MR) is 107 cm³/mol. The third-order valence-corrected chi connectivity index (χ3v) is 7.11. The van der Waals surface area contributed by atoms with Crippen molar-refractivity contribution in [2.45, 2.75) is 56.4 Å². The van der Waals surface area contributed by atoms with E-state index < -0.39 is 0 Å². The molecule has 2 saturated carbocycles. The number of imidazole rings is 1. The molecule has 3 atom stereocenters. The molecule has 2 aromatic rings. The topological polar surface area (TPSA) is 83.8 Å². The number of para-hydroxylation sites is 2. The smallest absolute Gasteiger partial charge is 0.230 e. The number of aromatic nitrogens is 2. The molecule has 1 amide bonds. The third-order valence-electron chi connectivity index (χ3n) is 5.96. The number of aromatic amines is 1. The molecule has 6 heteroatoms. The molecule has 0 spiro atoms. The van der Waals surface area contributed by atoms with Gasteiger partial charge in [-0.2, -0.15) is 0 Å². The zero-order chi connectivity index (χ0) is 18.1. The summed E-state index contributed by atoms with van der Waals surface area (Å²) in [7, 11) is 0. The molecule has 2 fully saturated rings. The Morgan fingerprint density at radius 2 is 2.08 bits per heavy atom. The highest BCUT2D eigenvalue weighted by atomic mass is 32.2. The summed E-state index contributed by atoms with van der Waals surface area (Å²) in [6.07, 6.45) is 5.82. The van der Waals surface area contributed by atoms with Crippen LogP contribution in [-0.4, -0.2) is 33.7 Å². The standard InChI is InChI=1S/C20H28N4OS/c1-12(20-22-16-7-2-3-8-17(16)23-20)26-11-18(25)24-19-13-5-4-6-14(19)10-15(21)9-13/h2-3,7-8,12-15,19H,4-6,9-11,21H2,1H3,(H,22,23)(H,24,25). The Hall–Kier alpha value is -1.53. The number of rotatable bonds is 5. The van der Waals surface area contributed by atoms with Gasteiger partial charge in [-0.3, -0.25) is 4.79 Å². The van der Waals surface area contributed by atoms with E-state index >= 15 is 0 Å². The van der Waals surface area contributed by atoms with Crippen LogP contribution in [0.15, 0.2) is 24.3 Å². The van der Waals surface area contributed by atoms with Crippen LogP contribution in [0.3, 0.4) is 0 Å². The quantitative estimate of drug-likeness (QED) is 0.751. The van der Waals surface area contributed by atoms with Crippen molar-refractivity contribution >= 4 is 28.7 Å². The van der Waals surface area contributed by atoms with Gasteiger partial charge >= 0.3 is 0 Å². The van der Waals surface area contributed by atoms with Crippen LogP contribution in [0.4, 0.5) is 0 Å². The lowest BCUT2D eigenvalue weighted by Crippen LogP contribution is -2.54. The van der Waals surface area contributed by atoms with E-state index in [-0.39, 0.29) is 11.2 Å². The first-order valence-electron chi connectivity index (χ1n) is 9.71. The average Bonchev–Trinajstić information content (AvgIpc) is 3.05. The Bertz CT molecular complexity index is 729. The van der Waals surface area contributed by atoms with Gasteiger partial charge in [0.2, 0.25) is 5.91 Å². The van der Waals surface area contributed by atoms with Crippen LogP contribution in [0.25, 0.3) is 11.0 Å². The minimum Gasteiger partial charge on any atom is -0.352 e. The first-order valence-corrected chi connectivity index (χ1v) is 10.8. The Morgan fingerprint density at radius 3 is 2.81 bits per heavy atom. The SMILES string of the molecule is CC(SCC(=O)NC1C2CCCC1CC(N)C2)c1nc2ccccc2[nH]1. The molecule has 5 nitrogen and oxygen atoms in total. The predicted octanol–water partition coefficient (Wildman–Crippen LogP) is 3.38. The third kappa shape index (κ3) is 3.76. The number of H-pyrrole nitrogens is 1. The number of amides is 1. The number of hydrogen-bond donors (Lipinski definition) is 3. The van der Waals surface area contributed by atoms with E-state index in [1.165, 1.54) is 19.3 Å². The molecular weight excluding hydrogens is 344 g/mol. The molecule has 1 aromatic carbocycles. The molecule has 0 radical (unpaired) electrons. The first-order chi connectivity index (χ1) is 12.6. The fraction of sp³-hybridized carbons (Fsp3) is 0.600. The van der Waals surface area contributed by atoms with E-state index in [1.54, 1.807) is 11.8 Å². The van der Waals surface area contributed by atoms with Crippen molar-refractivity contribution < 1.29 is 4.79 Å². The summed E-state index contributed by atoms with van der Waals surface area (Å²) in [6, 6.07) is 8.68. The molecule has 1 aromatic heterocycles. The fourth-order valence-electron chi connectivity index (χ4n) is 4.70. The van der Waals surface area contributed by atoms with Crippen molar-refractivity contribution in [3.8, 4) is 0 Å². The van der Waals surface area contributed by atoms with E-state index in [1.807, 2.05) is 24.3 Å². The molecule has 4 rings (SSSR count). The molecule has 0 saturated heterocycles. The summed E-state index contributed by atoms with van der Waals surface area (Å²) in [5.74, 6) is 2.69. The summed E-state index contributed by atoms with van der Waals surface area (Å²) in [5.41, 5.74) is 8.21. The molecule has 3 unspecified atom stereocenters. The second-order valence-corrected chi connectivity index (χ2v) is 9.20. The molecule has 4 N–H and O–H groups in total. The number of fused-ring (bicyclic) bond motifs is 3. The second-order valence-electron chi connectivity index (χ2n) is 7.87. The molecule has 2 aliphatic rings. The number of nitrogens with two attached hydrogens (primary N) is 1. The van der Waals surface area contributed by atoms with E-state index in [0.717, 1.165) is 29.7 Å². The Labute approximate surface area is 158 Å². The lowest BCUT2D eigenvalue weighted by atomic mass is 9.67. The Morgan fingerprint density at radius 1 is 1.35 bits per heavy atom. The van der Waals surface area contributed by atoms with Crippen LogP contribution in [0.2, 0.25) is 0 Å². The minimum atomic E-state index is 0.148. The van der Waals surface area contributed by atoms with Gasteiger partial charge in [0.1, 0.15) is 5.82 Å². The maximum atomic E-state index is 12.5. The summed E-state index contributed by atoms with van der Waals surface area (Å²) in [5, 5.41) is 3.49. The molecule has 2 bridgehead atoms. The monoisotopic (exact) mass is 372 g/mol. The van der Waals surface area contributed by atoms with E-state index in [2.05, 4.69) is 22.2 Å².